The number of hydrogen-bond acceptors (Lipinski definition) is 0. The summed E-state index contributed by atoms with van der Waals surface area (Å²) in [4.78, 5) is 0. The van der Waals surface area contributed by atoms with Gasteiger partial charge in [-0.05, 0) is 134 Å². The quantitative estimate of drug-likeness (QED) is 0.574. The zero-order chi connectivity index (χ0) is 14.7. The van der Waals surface area contributed by atoms with E-state index in [1.165, 1.54) is 59.2 Å². The summed E-state index contributed by atoms with van der Waals surface area (Å²) >= 11 is 0. The highest BCUT2D eigenvalue weighted by atomic mass is 14.8. The van der Waals surface area contributed by atoms with E-state index in [0.29, 0.717) is 0 Å². The Labute approximate surface area is 141 Å². The summed E-state index contributed by atoms with van der Waals surface area (Å²) in [6.45, 7) is 2.66. The van der Waals surface area contributed by atoms with E-state index in [-0.39, 0.29) is 0 Å². The predicted octanol–water partition coefficient (Wildman–Crippen LogP) is 5.23. The third kappa shape index (κ3) is 1.06. The summed E-state index contributed by atoms with van der Waals surface area (Å²) in [5, 5.41) is 0. The van der Waals surface area contributed by atoms with Gasteiger partial charge in [-0.3, -0.25) is 0 Å². The molecule has 1 spiro atoms. The van der Waals surface area contributed by atoms with E-state index < -0.39 is 0 Å². The molecule has 14 atom stereocenters. The fourth-order valence-electron chi connectivity index (χ4n) is 12.5. The second-order valence-corrected chi connectivity index (χ2v) is 12.0. The molecule has 0 heteroatoms. The van der Waals surface area contributed by atoms with Crippen molar-refractivity contribution in [3.05, 3.63) is 0 Å². The molecule has 14 unspecified atom stereocenters. The first kappa shape index (κ1) is 12.4. The first-order valence-electron chi connectivity index (χ1n) is 11.3. The molecule has 0 aromatic rings. The maximum atomic E-state index is 2.66. The Kier molecular flexibility index (Phi) is 1.86. The number of hydrogen-bond donors (Lipinski definition) is 0. The molecule has 12 bridgehead atoms. The predicted molar refractivity (Wildman–Crippen MR) is 90.4 cm³/mol. The van der Waals surface area contributed by atoms with Crippen LogP contribution in [0, 0.1) is 82.3 Å². The Morgan fingerprint density at radius 1 is 0.609 bits per heavy atom. The van der Waals surface area contributed by atoms with E-state index in [1.54, 1.807) is 51.4 Å². The maximum Gasteiger partial charge on any atom is -0.0199 e. The minimum absolute atomic E-state index is 0.911. The van der Waals surface area contributed by atoms with Crippen LogP contribution >= 0.6 is 0 Å². The molecule has 124 valence electrons. The van der Waals surface area contributed by atoms with Gasteiger partial charge in [-0.25, -0.2) is 0 Å². The minimum atomic E-state index is 0.911. The summed E-state index contributed by atoms with van der Waals surface area (Å²) in [7, 11) is 0. The molecule has 10 fully saturated rings. The monoisotopic (exact) mass is 308 g/mol. The van der Waals surface area contributed by atoms with Crippen LogP contribution in [0.15, 0.2) is 0 Å². The Hall–Kier alpha value is 0. The summed E-state index contributed by atoms with van der Waals surface area (Å²) < 4.78 is 0. The fraction of sp³-hybridized carbons (Fsp3) is 1.00. The van der Waals surface area contributed by atoms with Gasteiger partial charge in [-0.15, -0.1) is 0 Å². The van der Waals surface area contributed by atoms with Crippen LogP contribution in [-0.4, -0.2) is 0 Å². The van der Waals surface area contributed by atoms with E-state index in [0.717, 1.165) is 23.2 Å². The molecule has 10 aliphatic rings. The summed E-state index contributed by atoms with van der Waals surface area (Å²) in [6, 6.07) is 0. The molecular formula is C23H32. The van der Waals surface area contributed by atoms with Crippen LogP contribution in [0.2, 0.25) is 0 Å². The van der Waals surface area contributed by atoms with Gasteiger partial charge in [-0.1, -0.05) is 6.92 Å². The second kappa shape index (κ2) is 3.45. The second-order valence-electron chi connectivity index (χ2n) is 12.0. The minimum Gasteiger partial charge on any atom is -0.0622 e. The van der Waals surface area contributed by atoms with Crippen molar-refractivity contribution in [1.82, 2.24) is 0 Å². The molecule has 0 radical (unpaired) electrons. The smallest absolute Gasteiger partial charge is 0.0199 e. The molecule has 0 heterocycles. The van der Waals surface area contributed by atoms with Crippen LogP contribution in [-0.2, 0) is 0 Å². The Balaban J connectivity index is 1.42. The van der Waals surface area contributed by atoms with Crippen molar-refractivity contribution in [2.24, 2.45) is 82.3 Å². The average molecular weight is 309 g/mol. The van der Waals surface area contributed by atoms with Gasteiger partial charge in [0.25, 0.3) is 0 Å². The van der Waals surface area contributed by atoms with Crippen LogP contribution in [0.3, 0.4) is 0 Å². The standard InChI is InChI=1S/C23H32/c1-10-2-12-4-17-13(10)7-16-18-8-14-15-3-11-5-19(14)23(9-12,22(17)18)20(6-11)21(15)16/h10-22H,2-9H2,1H3. The summed E-state index contributed by atoms with van der Waals surface area (Å²) in [5.41, 5.74) is 0.911. The van der Waals surface area contributed by atoms with Crippen molar-refractivity contribution >= 4 is 0 Å². The van der Waals surface area contributed by atoms with Gasteiger partial charge in [0.05, 0.1) is 0 Å². The van der Waals surface area contributed by atoms with Gasteiger partial charge in [0.2, 0.25) is 0 Å². The lowest BCUT2D eigenvalue weighted by atomic mass is 9.21. The van der Waals surface area contributed by atoms with E-state index in [9.17, 15) is 0 Å². The summed E-state index contributed by atoms with van der Waals surface area (Å²) in [6.07, 6.45) is 13.5. The number of rotatable bonds is 0. The van der Waals surface area contributed by atoms with Crippen molar-refractivity contribution in [1.29, 1.82) is 0 Å². The lowest BCUT2D eigenvalue weighted by Crippen LogP contribution is -2.78. The van der Waals surface area contributed by atoms with Gasteiger partial charge >= 0.3 is 0 Å². The molecule has 0 aromatic carbocycles. The molecule has 10 aliphatic carbocycles. The molecule has 0 saturated heterocycles. The SMILES string of the molecule is CC1CC2CC3C1CC1C4CC5C6CC7CC5C(C2)(C(C7)C61)C34. The molecule has 10 rings (SSSR count). The molecule has 23 heavy (non-hydrogen) atoms. The molecule has 0 nitrogen and oxygen atoms in total. The van der Waals surface area contributed by atoms with E-state index >= 15 is 0 Å². The van der Waals surface area contributed by atoms with Gasteiger partial charge in [0.15, 0.2) is 0 Å². The van der Waals surface area contributed by atoms with Crippen LogP contribution < -0.4 is 0 Å². The molecular weight excluding hydrogens is 276 g/mol. The van der Waals surface area contributed by atoms with Crippen LogP contribution in [0.5, 0.6) is 0 Å². The van der Waals surface area contributed by atoms with E-state index in [2.05, 4.69) is 6.92 Å². The van der Waals surface area contributed by atoms with Crippen LogP contribution in [0.1, 0.15) is 58.3 Å². The molecule has 10 saturated carbocycles. The molecule has 0 N–H and O–H groups in total. The van der Waals surface area contributed by atoms with Gasteiger partial charge in [0.1, 0.15) is 0 Å². The topological polar surface area (TPSA) is 0 Å². The van der Waals surface area contributed by atoms with Crippen molar-refractivity contribution < 1.29 is 0 Å². The van der Waals surface area contributed by atoms with Crippen molar-refractivity contribution in [3.8, 4) is 0 Å². The summed E-state index contributed by atoms with van der Waals surface area (Å²) in [5.74, 6) is 15.5. The third-order valence-corrected chi connectivity index (χ3v) is 12.1. The zero-order valence-corrected chi connectivity index (χ0v) is 14.7. The Morgan fingerprint density at radius 2 is 1.35 bits per heavy atom. The fourth-order valence-corrected chi connectivity index (χ4v) is 12.5. The number of fused-ring (bicyclic) bond motifs is 1. The highest BCUT2D eigenvalue weighted by molar-refractivity contribution is 5.27. The Morgan fingerprint density at radius 3 is 2.30 bits per heavy atom. The maximum absolute atomic E-state index is 2.66. The van der Waals surface area contributed by atoms with Gasteiger partial charge in [0, 0.05) is 0 Å². The van der Waals surface area contributed by atoms with E-state index in [1.807, 2.05) is 0 Å². The first-order chi connectivity index (χ1) is 11.3. The molecule has 0 amide bonds. The van der Waals surface area contributed by atoms with Crippen LogP contribution in [0.4, 0.5) is 0 Å². The van der Waals surface area contributed by atoms with Crippen molar-refractivity contribution in [3.63, 3.8) is 0 Å². The molecule has 0 aliphatic heterocycles. The average Bonchev–Trinajstić information content (AvgIpc) is 2.56. The van der Waals surface area contributed by atoms with Crippen molar-refractivity contribution in [2.45, 2.75) is 58.3 Å². The van der Waals surface area contributed by atoms with Gasteiger partial charge < -0.3 is 0 Å². The van der Waals surface area contributed by atoms with Crippen molar-refractivity contribution in [2.75, 3.05) is 0 Å². The normalized spacial score (nSPS) is 77.9. The van der Waals surface area contributed by atoms with Crippen LogP contribution in [0.25, 0.3) is 0 Å². The van der Waals surface area contributed by atoms with E-state index in [4.69, 9.17) is 0 Å². The highest BCUT2D eigenvalue weighted by Crippen LogP contribution is 2.85. The largest absolute Gasteiger partial charge is 0.0622 e. The molecule has 0 aromatic heterocycles. The lowest BCUT2D eigenvalue weighted by Gasteiger charge is -2.84. The third-order valence-electron chi connectivity index (χ3n) is 12.1. The lowest BCUT2D eigenvalue weighted by molar-refractivity contribution is -0.357. The Bertz CT molecular complexity index is 607. The first-order valence-corrected chi connectivity index (χ1v) is 11.3. The zero-order valence-electron chi connectivity index (χ0n) is 14.7. The van der Waals surface area contributed by atoms with Gasteiger partial charge in [-0.2, -0.15) is 0 Å². The highest BCUT2D eigenvalue weighted by Gasteiger charge is 2.79.